The molecule has 0 aliphatic carbocycles. The fraction of sp³-hybridized carbons (Fsp3) is 0. The van der Waals surface area contributed by atoms with Crippen LogP contribution in [0, 0.1) is 0 Å². The maximum absolute atomic E-state index is 9.17. The van der Waals surface area contributed by atoms with Gasteiger partial charge in [0.05, 0.1) is 0 Å². The molecular weight excluding hydrogens is 84.0 g/mol. The summed E-state index contributed by atoms with van der Waals surface area (Å²) in [5.74, 6) is -0.479. The summed E-state index contributed by atoms with van der Waals surface area (Å²) in [6, 6.07) is 0. The summed E-state index contributed by atoms with van der Waals surface area (Å²) in [6.45, 7) is 0. The van der Waals surface area contributed by atoms with Crippen LogP contribution in [0.3, 0.4) is 0 Å². The van der Waals surface area contributed by atoms with Gasteiger partial charge in [0.25, 0.3) is 0 Å². The Balaban J connectivity index is 3.60. The quantitative estimate of drug-likeness (QED) is 0.313. The normalized spacial score (nSPS) is 6.00. The van der Waals surface area contributed by atoms with Crippen molar-refractivity contribution in [1.82, 2.24) is 0 Å². The van der Waals surface area contributed by atoms with E-state index in [-0.39, 0.29) is 0 Å². The number of rotatable bonds is 1. The minimum atomic E-state index is -1.51. The van der Waals surface area contributed by atoms with Crippen LogP contribution in [0.2, 0.25) is 0 Å². The molecule has 0 aliphatic heterocycles. The zero-order valence-electron chi connectivity index (χ0n) is 2.80. The van der Waals surface area contributed by atoms with Gasteiger partial charge in [0, 0.05) is 0 Å². The molecule has 0 aromatic rings. The number of hydrogen-bond donors (Lipinski definition) is 0. The van der Waals surface area contributed by atoms with Crippen molar-refractivity contribution in [1.29, 1.82) is 0 Å². The first-order chi connectivity index (χ1) is 2.77. The molecule has 0 heterocycles. The molecule has 0 saturated heterocycles. The van der Waals surface area contributed by atoms with Crippen LogP contribution in [0.25, 0.3) is 0 Å². The molecule has 0 aliphatic rings. The van der Waals surface area contributed by atoms with Gasteiger partial charge in [0.15, 0.2) is 0 Å². The summed E-state index contributed by atoms with van der Waals surface area (Å²) in [7, 11) is 0. The number of hydrogen-bond acceptors (Lipinski definition) is 2. The van der Waals surface area contributed by atoms with Crippen LogP contribution in [-0.4, -0.2) is 11.9 Å². The zero-order chi connectivity index (χ0) is 4.99. The largest absolute Gasteiger partial charge is 0.390 e. The van der Waals surface area contributed by atoms with Crippen LogP contribution >= 0.6 is 0 Å². The molecule has 0 rings (SSSR count). The minimum Gasteiger partial charge on any atom is -0.241 e. The van der Waals surface area contributed by atoms with E-state index in [4.69, 9.17) is 4.79 Å². The van der Waals surface area contributed by atoms with E-state index in [0.717, 1.165) is 5.94 Å². The van der Waals surface area contributed by atoms with Gasteiger partial charge in [-0.1, -0.05) is 0 Å². The third-order valence-corrected chi connectivity index (χ3v) is 0.177. The zero-order valence-corrected chi connectivity index (χ0v) is 2.80. The molecule has 0 fully saturated rings. The second-order valence-electron chi connectivity index (χ2n) is 0.581. The van der Waals surface area contributed by atoms with E-state index in [1.54, 1.807) is 0 Å². The highest BCUT2D eigenvalue weighted by Crippen LogP contribution is 1.55. The molecule has 0 N–H and O–H groups in total. The van der Waals surface area contributed by atoms with Crippen molar-refractivity contribution in [3.8, 4) is 0 Å². The lowest BCUT2D eigenvalue weighted by molar-refractivity contribution is -0.137. The van der Waals surface area contributed by atoms with Crippen LogP contribution in [0.15, 0.2) is 6.08 Å². The summed E-state index contributed by atoms with van der Waals surface area (Å²) in [6.07, 6.45) is 0.292. The molecule has 0 atom stereocenters. The van der Waals surface area contributed by atoms with Gasteiger partial charge in [0.2, 0.25) is 0 Å². The van der Waals surface area contributed by atoms with E-state index < -0.39 is 5.97 Å². The first kappa shape index (κ1) is 4.92. The van der Waals surface area contributed by atoms with Crippen molar-refractivity contribution < 1.29 is 14.7 Å². The van der Waals surface area contributed by atoms with Gasteiger partial charge in [-0.3, -0.25) is 0 Å². The molecule has 0 unspecified atom stereocenters. The molecule has 0 saturated carbocycles. The maximum atomic E-state index is 9.17. The van der Waals surface area contributed by atoms with Gasteiger partial charge in [-0.15, -0.1) is 0 Å². The molecule has 0 bridgehead atoms. The summed E-state index contributed by atoms with van der Waals surface area (Å²) in [4.78, 5) is 18.2. The molecule has 3 heteroatoms. The highest BCUT2D eigenvalue weighted by atomic mass is 16.4. The van der Waals surface area contributed by atoms with Crippen molar-refractivity contribution in [2.24, 2.45) is 0 Å². The summed E-state index contributed by atoms with van der Waals surface area (Å²) in [5.41, 5.74) is 0. The van der Waals surface area contributed by atoms with E-state index in [1.807, 2.05) is 0 Å². The molecule has 31 valence electrons. The van der Waals surface area contributed by atoms with Gasteiger partial charge >= 0.3 is 5.97 Å². The third-order valence-electron chi connectivity index (χ3n) is 0.177. The molecule has 0 amide bonds. The predicted molar refractivity (Wildman–Crippen MR) is 16.0 cm³/mol. The Bertz CT molecular complexity index is 98.6. The van der Waals surface area contributed by atoms with E-state index in [2.05, 4.69) is 0 Å². The lowest BCUT2D eigenvalue weighted by atomic mass is 10.7. The number of carbonyl (C=O) groups excluding carboxylic acids is 2. The van der Waals surface area contributed by atoms with Gasteiger partial charge in [-0.05, 0) is 0 Å². The highest BCUT2D eigenvalue weighted by Gasteiger charge is 1.84. The lowest BCUT2D eigenvalue weighted by Crippen LogP contribution is -1.81. The first-order valence-electron chi connectivity index (χ1n) is 1.19. The van der Waals surface area contributed by atoms with Crippen molar-refractivity contribution in [2.45, 2.75) is 0 Å². The van der Waals surface area contributed by atoms with Crippen molar-refractivity contribution >= 4 is 11.9 Å². The molecule has 1 radical (unpaired) electrons. The SMILES string of the molecule is [O]C(=O)C=C=O. The Labute approximate surface area is 33.9 Å². The van der Waals surface area contributed by atoms with Crippen molar-refractivity contribution in [2.75, 3.05) is 0 Å². The standard InChI is InChI=1S/C3HO3/c4-2-1-3(5)6/h1H. The summed E-state index contributed by atoms with van der Waals surface area (Å²) >= 11 is 0. The van der Waals surface area contributed by atoms with E-state index >= 15 is 0 Å². The lowest BCUT2D eigenvalue weighted by Gasteiger charge is -1.54. The second kappa shape index (κ2) is 2.18. The second-order valence-corrected chi connectivity index (χ2v) is 0.581. The molecule has 6 heavy (non-hydrogen) atoms. The van der Waals surface area contributed by atoms with Crippen LogP contribution in [0.5, 0.6) is 0 Å². The van der Waals surface area contributed by atoms with Crippen LogP contribution < -0.4 is 0 Å². The minimum absolute atomic E-state index is 0.292. The van der Waals surface area contributed by atoms with Crippen LogP contribution in [-0.2, 0) is 14.7 Å². The van der Waals surface area contributed by atoms with Crippen molar-refractivity contribution in [3.05, 3.63) is 6.08 Å². The smallest absolute Gasteiger partial charge is 0.241 e. The Morgan fingerprint density at radius 2 is 2.17 bits per heavy atom. The molecule has 0 aromatic heterocycles. The maximum Gasteiger partial charge on any atom is 0.390 e. The van der Waals surface area contributed by atoms with E-state index in [0.29, 0.717) is 6.08 Å². The van der Waals surface area contributed by atoms with Crippen LogP contribution in [0.4, 0.5) is 0 Å². The molecular formula is C3HO3. The Morgan fingerprint density at radius 1 is 1.67 bits per heavy atom. The average molecular weight is 85.0 g/mol. The summed E-state index contributed by atoms with van der Waals surface area (Å²) < 4.78 is 0. The Morgan fingerprint density at radius 3 is 2.17 bits per heavy atom. The Hall–Kier alpha value is -1.08. The third kappa shape index (κ3) is 2.92. The fourth-order valence-corrected chi connectivity index (χ4v) is 0.0481. The summed E-state index contributed by atoms with van der Waals surface area (Å²) in [5, 5.41) is 9.17. The van der Waals surface area contributed by atoms with Gasteiger partial charge in [-0.25, -0.2) is 14.7 Å². The Kier molecular flexibility index (Phi) is 1.78. The first-order valence-corrected chi connectivity index (χ1v) is 1.19. The predicted octanol–water partition coefficient (Wildman–Crippen LogP) is -0.669. The molecule has 0 aromatic carbocycles. The fourth-order valence-electron chi connectivity index (χ4n) is 0.0481. The van der Waals surface area contributed by atoms with E-state index in [1.165, 1.54) is 0 Å². The van der Waals surface area contributed by atoms with Crippen molar-refractivity contribution in [3.63, 3.8) is 0 Å². The van der Waals surface area contributed by atoms with Gasteiger partial charge in [0.1, 0.15) is 12.0 Å². The number of carbonyl (C=O) groups is 1. The monoisotopic (exact) mass is 85.0 g/mol. The topological polar surface area (TPSA) is 54.0 Å². The van der Waals surface area contributed by atoms with Gasteiger partial charge < -0.3 is 0 Å². The highest BCUT2D eigenvalue weighted by molar-refractivity contribution is 5.87. The van der Waals surface area contributed by atoms with Crippen LogP contribution in [0.1, 0.15) is 0 Å². The van der Waals surface area contributed by atoms with E-state index in [9.17, 15) is 9.90 Å². The molecule has 3 nitrogen and oxygen atoms in total. The molecule has 0 spiro atoms. The van der Waals surface area contributed by atoms with Gasteiger partial charge in [-0.2, -0.15) is 0 Å². The average Bonchev–Trinajstić information content (AvgIpc) is 1.35.